The van der Waals surface area contributed by atoms with Crippen LogP contribution >= 0.6 is 23.8 Å². The van der Waals surface area contributed by atoms with Gasteiger partial charge in [0.1, 0.15) is 0 Å². The highest BCUT2D eigenvalue weighted by molar-refractivity contribution is 7.91. The van der Waals surface area contributed by atoms with Gasteiger partial charge < -0.3 is 15.1 Å². The Bertz CT molecular complexity index is 723. The third kappa shape index (κ3) is 6.09. The molecule has 0 bridgehead atoms. The maximum atomic E-state index is 11.9. The van der Waals surface area contributed by atoms with Crippen molar-refractivity contribution < 1.29 is 13.3 Å². The highest BCUT2D eigenvalue weighted by Crippen LogP contribution is 2.22. The maximum Gasteiger partial charge on any atom is 0.173 e. The van der Waals surface area contributed by atoms with Crippen LogP contribution in [-0.4, -0.2) is 63.2 Å². The second-order valence-electron chi connectivity index (χ2n) is 6.96. The first-order chi connectivity index (χ1) is 11.7. The van der Waals surface area contributed by atoms with E-state index < -0.39 is 9.84 Å². The van der Waals surface area contributed by atoms with Crippen LogP contribution in [-0.2, 0) is 9.84 Å². The predicted molar refractivity (Wildman–Crippen MR) is 108 cm³/mol. The number of hydrogen-bond acceptors (Lipinski definition) is 3. The van der Waals surface area contributed by atoms with E-state index >= 15 is 0 Å². The molecule has 1 heterocycles. The minimum atomic E-state index is -2.96. The maximum absolute atomic E-state index is 11.9. The van der Waals surface area contributed by atoms with Crippen LogP contribution in [0.2, 0.25) is 5.02 Å². The second-order valence-corrected chi connectivity index (χ2v) is 9.98. The Kier molecular flexibility index (Phi) is 7.08. The van der Waals surface area contributed by atoms with Gasteiger partial charge in [-0.05, 0) is 43.3 Å². The molecule has 1 saturated heterocycles. The quantitative estimate of drug-likeness (QED) is 0.701. The van der Waals surface area contributed by atoms with Crippen molar-refractivity contribution in [1.82, 2.24) is 4.90 Å². The molecule has 8 heteroatoms. The summed E-state index contributed by atoms with van der Waals surface area (Å²) in [6.45, 7) is 3.70. The number of nitrogens with zero attached hydrogens (tertiary/aromatic N) is 1. The molecular weight excluding hydrogens is 378 g/mol. The summed E-state index contributed by atoms with van der Waals surface area (Å²) in [5.74, 6) is 0.421. The number of quaternary nitrogens is 1. The molecule has 1 fully saturated rings. The van der Waals surface area contributed by atoms with Gasteiger partial charge in [-0.2, -0.15) is 0 Å². The van der Waals surface area contributed by atoms with Crippen molar-refractivity contribution in [3.63, 3.8) is 0 Å². The summed E-state index contributed by atoms with van der Waals surface area (Å²) in [7, 11) is 1.26. The highest BCUT2D eigenvalue weighted by atomic mass is 35.5. The molecule has 1 aromatic rings. The number of anilines is 1. The molecule has 1 aliphatic rings. The fourth-order valence-electron chi connectivity index (χ4n) is 2.94. The summed E-state index contributed by atoms with van der Waals surface area (Å²) in [5.41, 5.74) is 1.83. The zero-order valence-electron chi connectivity index (χ0n) is 15.0. The predicted octanol–water partition coefficient (Wildman–Crippen LogP) is 1.37. The minimum Gasteiger partial charge on any atom is -0.345 e. The Balaban J connectivity index is 2.09. The molecule has 0 aromatic heterocycles. The first-order valence-corrected chi connectivity index (χ1v) is 11.1. The smallest absolute Gasteiger partial charge is 0.173 e. The monoisotopic (exact) mass is 404 g/mol. The van der Waals surface area contributed by atoms with Gasteiger partial charge in [0.15, 0.2) is 14.9 Å². The number of thiocarbonyl (C=S) groups is 1. The van der Waals surface area contributed by atoms with Crippen LogP contribution in [0.25, 0.3) is 0 Å². The van der Waals surface area contributed by atoms with Crippen molar-refractivity contribution in [2.24, 2.45) is 0 Å². The lowest BCUT2D eigenvalue weighted by Gasteiger charge is -2.31. The van der Waals surface area contributed by atoms with Gasteiger partial charge in [-0.25, -0.2) is 8.42 Å². The third-order valence-electron chi connectivity index (χ3n) is 4.41. The highest BCUT2D eigenvalue weighted by Gasteiger charge is 2.33. The van der Waals surface area contributed by atoms with Crippen molar-refractivity contribution in [3.05, 3.63) is 28.8 Å². The summed E-state index contributed by atoms with van der Waals surface area (Å²) in [6, 6.07) is 5.66. The van der Waals surface area contributed by atoms with Crippen LogP contribution in [0.5, 0.6) is 0 Å². The first kappa shape index (κ1) is 20.4. The lowest BCUT2D eigenvalue weighted by molar-refractivity contribution is -0.858. The Morgan fingerprint density at radius 1 is 1.44 bits per heavy atom. The van der Waals surface area contributed by atoms with E-state index in [-0.39, 0.29) is 17.5 Å². The molecule has 2 N–H and O–H groups in total. The Labute approximate surface area is 161 Å². The van der Waals surface area contributed by atoms with E-state index in [9.17, 15) is 8.42 Å². The molecule has 1 aromatic carbocycles. The third-order valence-corrected chi connectivity index (χ3v) is 6.90. The summed E-state index contributed by atoms with van der Waals surface area (Å²) in [5, 5.41) is 4.47. The van der Waals surface area contributed by atoms with E-state index in [4.69, 9.17) is 23.8 Å². The summed E-state index contributed by atoms with van der Waals surface area (Å²) in [4.78, 5) is 3.40. The van der Waals surface area contributed by atoms with Crippen LogP contribution < -0.4 is 10.2 Å². The number of benzene rings is 1. The largest absolute Gasteiger partial charge is 0.345 e. The van der Waals surface area contributed by atoms with Gasteiger partial charge in [-0.1, -0.05) is 17.7 Å². The molecule has 140 valence electrons. The zero-order chi connectivity index (χ0) is 18.6. The van der Waals surface area contributed by atoms with Crippen molar-refractivity contribution in [2.45, 2.75) is 25.8 Å². The molecule has 0 saturated carbocycles. The number of nitrogens with one attached hydrogen (secondary N) is 2. The zero-order valence-corrected chi connectivity index (χ0v) is 17.4. The second kappa shape index (κ2) is 8.66. The van der Waals surface area contributed by atoms with E-state index in [0.29, 0.717) is 16.6 Å². The van der Waals surface area contributed by atoms with Crippen molar-refractivity contribution in [2.75, 3.05) is 44.0 Å². The topological polar surface area (TPSA) is 53.9 Å². The van der Waals surface area contributed by atoms with E-state index in [1.165, 1.54) is 4.90 Å². The molecule has 1 atom stereocenters. The summed E-state index contributed by atoms with van der Waals surface area (Å²) >= 11 is 11.8. The standard InChI is InChI=1S/C17H26ClN3O2S2/c1-13-5-6-14(11-16(13)18)19-17(24)21(9-4-8-20(2)3)15-7-10-25(22,23)12-15/h5-6,11,15H,4,7-10,12H2,1-3H3,(H,19,24)/p+1/t15-/m1/s1. The van der Waals surface area contributed by atoms with E-state index in [2.05, 4.69) is 19.4 Å². The number of sulfone groups is 1. The van der Waals surface area contributed by atoms with Crippen LogP contribution in [0.1, 0.15) is 18.4 Å². The fourth-order valence-corrected chi connectivity index (χ4v) is 5.21. The Morgan fingerprint density at radius 2 is 2.16 bits per heavy atom. The van der Waals surface area contributed by atoms with Gasteiger partial charge in [-0.3, -0.25) is 0 Å². The molecule has 2 rings (SSSR count). The molecular formula is C17H27ClN3O2S2+. The lowest BCUT2D eigenvalue weighted by atomic mass is 10.2. The SMILES string of the molecule is Cc1ccc(NC(=S)N(CCC[NH+](C)C)[C@@H]2CCS(=O)(=O)C2)cc1Cl. The average Bonchev–Trinajstić information content (AvgIpc) is 2.87. The van der Waals surface area contributed by atoms with Crippen LogP contribution in [0.15, 0.2) is 18.2 Å². The average molecular weight is 405 g/mol. The normalized spacial score (nSPS) is 19.2. The van der Waals surface area contributed by atoms with E-state index in [0.717, 1.165) is 30.8 Å². The molecule has 1 aliphatic heterocycles. The minimum absolute atomic E-state index is 0.0527. The van der Waals surface area contributed by atoms with E-state index in [1.807, 2.05) is 30.0 Å². The molecule has 0 spiro atoms. The van der Waals surface area contributed by atoms with Crippen LogP contribution in [0.3, 0.4) is 0 Å². The molecule has 25 heavy (non-hydrogen) atoms. The molecule has 0 aliphatic carbocycles. The van der Waals surface area contributed by atoms with Crippen molar-refractivity contribution >= 4 is 44.5 Å². The number of halogens is 1. The summed E-state index contributed by atoms with van der Waals surface area (Å²) in [6.07, 6.45) is 1.59. The molecule has 0 amide bonds. The lowest BCUT2D eigenvalue weighted by Crippen LogP contribution is -3.05. The van der Waals surface area contributed by atoms with Gasteiger partial charge >= 0.3 is 0 Å². The number of hydrogen-bond donors (Lipinski definition) is 2. The Morgan fingerprint density at radius 3 is 2.72 bits per heavy atom. The molecule has 0 unspecified atom stereocenters. The van der Waals surface area contributed by atoms with Gasteiger partial charge in [0, 0.05) is 29.7 Å². The van der Waals surface area contributed by atoms with Crippen molar-refractivity contribution in [3.8, 4) is 0 Å². The number of rotatable bonds is 6. The van der Waals surface area contributed by atoms with Gasteiger partial charge in [0.25, 0.3) is 0 Å². The summed E-state index contributed by atoms with van der Waals surface area (Å²) < 4.78 is 23.8. The Hall–Kier alpha value is -0.890. The fraction of sp³-hybridized carbons (Fsp3) is 0.588. The van der Waals surface area contributed by atoms with Crippen molar-refractivity contribution in [1.29, 1.82) is 0 Å². The van der Waals surface area contributed by atoms with Crippen LogP contribution in [0, 0.1) is 6.92 Å². The van der Waals surface area contributed by atoms with E-state index in [1.54, 1.807) is 0 Å². The van der Waals surface area contributed by atoms with Gasteiger partial charge in [-0.15, -0.1) is 0 Å². The molecule has 0 radical (unpaired) electrons. The van der Waals surface area contributed by atoms with Gasteiger partial charge in [0.2, 0.25) is 0 Å². The van der Waals surface area contributed by atoms with Gasteiger partial charge in [0.05, 0.1) is 32.1 Å². The van der Waals surface area contributed by atoms with Crippen LogP contribution in [0.4, 0.5) is 5.69 Å². The first-order valence-electron chi connectivity index (χ1n) is 8.51. The molecule has 5 nitrogen and oxygen atoms in total. The number of aryl methyl sites for hydroxylation is 1.